The van der Waals surface area contributed by atoms with Crippen LogP contribution in [-0.4, -0.2) is 23.5 Å². The van der Waals surface area contributed by atoms with Crippen molar-refractivity contribution in [3.63, 3.8) is 0 Å². The molecule has 0 spiro atoms. The SMILES string of the molecule is Cc1noc(C)c1CC(=O)NCC12CCCC=C1NC(=O)CC2. The van der Waals surface area contributed by atoms with Gasteiger partial charge in [-0.15, -0.1) is 0 Å². The third-order valence-corrected chi connectivity index (χ3v) is 5.03. The van der Waals surface area contributed by atoms with Crippen molar-refractivity contribution in [3.8, 4) is 0 Å². The van der Waals surface area contributed by atoms with Crippen molar-refractivity contribution in [1.29, 1.82) is 0 Å². The molecule has 6 heteroatoms. The zero-order valence-corrected chi connectivity index (χ0v) is 13.7. The number of hydrogen-bond donors (Lipinski definition) is 2. The van der Waals surface area contributed by atoms with Crippen molar-refractivity contribution < 1.29 is 14.1 Å². The second kappa shape index (κ2) is 6.18. The van der Waals surface area contributed by atoms with Gasteiger partial charge in [-0.05, 0) is 39.5 Å². The molecule has 0 saturated carbocycles. The minimum Gasteiger partial charge on any atom is -0.361 e. The summed E-state index contributed by atoms with van der Waals surface area (Å²) in [6.07, 6.45) is 6.81. The first-order valence-corrected chi connectivity index (χ1v) is 8.19. The first kappa shape index (κ1) is 15.8. The molecular formula is C17H23N3O3. The lowest BCUT2D eigenvalue weighted by Crippen LogP contribution is -2.48. The number of aryl methyl sites for hydroxylation is 2. The summed E-state index contributed by atoms with van der Waals surface area (Å²) in [5.41, 5.74) is 2.51. The molecule has 1 saturated heterocycles. The van der Waals surface area contributed by atoms with Crippen molar-refractivity contribution >= 4 is 11.8 Å². The number of carbonyl (C=O) groups excluding carboxylic acids is 2. The first-order chi connectivity index (χ1) is 11.0. The summed E-state index contributed by atoms with van der Waals surface area (Å²) in [4.78, 5) is 23.9. The Morgan fingerprint density at radius 2 is 2.26 bits per heavy atom. The summed E-state index contributed by atoms with van der Waals surface area (Å²) in [6, 6.07) is 0. The lowest BCUT2D eigenvalue weighted by Gasteiger charge is -2.42. The fraction of sp³-hybridized carbons (Fsp3) is 0.588. The molecule has 0 radical (unpaired) electrons. The molecular weight excluding hydrogens is 294 g/mol. The summed E-state index contributed by atoms with van der Waals surface area (Å²) in [5, 5.41) is 9.92. The van der Waals surface area contributed by atoms with Gasteiger partial charge in [0.25, 0.3) is 0 Å². The van der Waals surface area contributed by atoms with Gasteiger partial charge in [-0.25, -0.2) is 0 Å². The Labute approximate surface area is 135 Å². The van der Waals surface area contributed by atoms with Crippen LogP contribution in [0.3, 0.4) is 0 Å². The lowest BCUT2D eigenvalue weighted by molar-refractivity contribution is -0.123. The summed E-state index contributed by atoms with van der Waals surface area (Å²) in [5.74, 6) is 0.741. The third kappa shape index (κ3) is 3.16. The van der Waals surface area contributed by atoms with Gasteiger partial charge >= 0.3 is 0 Å². The number of allylic oxidation sites excluding steroid dienone is 1. The van der Waals surface area contributed by atoms with Gasteiger partial charge in [0.2, 0.25) is 11.8 Å². The Bertz CT molecular complexity index is 643. The topological polar surface area (TPSA) is 84.2 Å². The van der Waals surface area contributed by atoms with E-state index < -0.39 is 0 Å². The standard InChI is InChI=1S/C17H23N3O3/c1-11-13(12(2)23-20-11)9-16(22)18-10-17-7-4-3-5-14(17)19-15(21)6-8-17/h5H,3-4,6-10H2,1-2H3,(H,18,22)(H,19,21). The van der Waals surface area contributed by atoms with E-state index in [1.165, 1.54) is 0 Å². The second-order valence-corrected chi connectivity index (χ2v) is 6.59. The van der Waals surface area contributed by atoms with Crippen molar-refractivity contribution in [2.24, 2.45) is 5.41 Å². The van der Waals surface area contributed by atoms with Crippen molar-refractivity contribution in [1.82, 2.24) is 15.8 Å². The highest BCUT2D eigenvalue weighted by Crippen LogP contribution is 2.42. The van der Waals surface area contributed by atoms with E-state index in [2.05, 4.69) is 21.9 Å². The van der Waals surface area contributed by atoms with Crippen LogP contribution in [0.5, 0.6) is 0 Å². The number of nitrogens with one attached hydrogen (secondary N) is 2. The maximum Gasteiger partial charge on any atom is 0.224 e. The zero-order chi connectivity index (χ0) is 16.4. The Balaban J connectivity index is 1.65. The predicted molar refractivity (Wildman–Crippen MR) is 84.4 cm³/mol. The Hall–Kier alpha value is -2.11. The molecule has 1 unspecified atom stereocenters. The van der Waals surface area contributed by atoms with Crippen molar-refractivity contribution in [2.45, 2.75) is 52.4 Å². The monoisotopic (exact) mass is 317 g/mol. The molecule has 23 heavy (non-hydrogen) atoms. The fourth-order valence-electron chi connectivity index (χ4n) is 3.56. The van der Waals surface area contributed by atoms with Crippen LogP contribution in [0.1, 0.15) is 49.1 Å². The van der Waals surface area contributed by atoms with Crippen molar-refractivity contribution in [3.05, 3.63) is 28.8 Å². The average Bonchev–Trinajstić information content (AvgIpc) is 2.85. The number of fused-ring (bicyclic) bond motifs is 1. The van der Waals surface area contributed by atoms with Crippen LogP contribution in [0.15, 0.2) is 16.3 Å². The van der Waals surface area contributed by atoms with Gasteiger partial charge in [-0.2, -0.15) is 0 Å². The Morgan fingerprint density at radius 3 is 3.00 bits per heavy atom. The zero-order valence-electron chi connectivity index (χ0n) is 13.7. The maximum atomic E-state index is 12.3. The fourth-order valence-corrected chi connectivity index (χ4v) is 3.56. The molecule has 3 rings (SSSR count). The molecule has 1 aromatic heterocycles. The predicted octanol–water partition coefficient (Wildman–Crippen LogP) is 1.91. The molecule has 2 amide bonds. The highest BCUT2D eigenvalue weighted by molar-refractivity contribution is 5.80. The molecule has 2 N–H and O–H groups in total. The summed E-state index contributed by atoms with van der Waals surface area (Å²) >= 11 is 0. The summed E-state index contributed by atoms with van der Waals surface area (Å²) in [7, 11) is 0. The van der Waals surface area contributed by atoms with Gasteiger partial charge in [0.1, 0.15) is 5.76 Å². The number of amides is 2. The molecule has 1 fully saturated rings. The minimum atomic E-state index is -0.111. The number of carbonyl (C=O) groups is 2. The van der Waals surface area contributed by atoms with E-state index in [9.17, 15) is 9.59 Å². The number of rotatable bonds is 4. The molecule has 0 bridgehead atoms. The minimum absolute atomic E-state index is 0.0319. The molecule has 0 aromatic carbocycles. The van der Waals surface area contributed by atoms with Crippen LogP contribution in [0, 0.1) is 19.3 Å². The highest BCUT2D eigenvalue weighted by atomic mass is 16.5. The molecule has 1 aliphatic carbocycles. The Morgan fingerprint density at radius 1 is 1.43 bits per heavy atom. The highest BCUT2D eigenvalue weighted by Gasteiger charge is 2.40. The normalized spacial score (nSPS) is 23.7. The van der Waals surface area contributed by atoms with Gasteiger partial charge in [0, 0.05) is 29.6 Å². The molecule has 1 atom stereocenters. The number of hydrogen-bond acceptors (Lipinski definition) is 4. The number of nitrogens with zero attached hydrogens (tertiary/aromatic N) is 1. The van der Waals surface area contributed by atoms with E-state index in [1.807, 2.05) is 13.8 Å². The van der Waals surface area contributed by atoms with Crippen LogP contribution >= 0.6 is 0 Å². The van der Waals surface area contributed by atoms with Crippen LogP contribution in [0.4, 0.5) is 0 Å². The molecule has 6 nitrogen and oxygen atoms in total. The lowest BCUT2D eigenvalue weighted by atomic mass is 9.70. The third-order valence-electron chi connectivity index (χ3n) is 5.03. The van der Waals surface area contributed by atoms with Gasteiger partial charge in [0.05, 0.1) is 12.1 Å². The molecule has 2 aliphatic rings. The largest absolute Gasteiger partial charge is 0.361 e. The quantitative estimate of drug-likeness (QED) is 0.888. The maximum absolute atomic E-state index is 12.3. The first-order valence-electron chi connectivity index (χ1n) is 8.19. The van der Waals surface area contributed by atoms with E-state index in [0.717, 1.165) is 42.6 Å². The number of piperidine rings is 1. The Kier molecular flexibility index (Phi) is 4.24. The van der Waals surface area contributed by atoms with E-state index in [1.54, 1.807) is 0 Å². The van der Waals surface area contributed by atoms with E-state index in [0.29, 0.717) is 18.7 Å². The molecule has 1 aliphatic heterocycles. The molecule has 124 valence electrons. The smallest absolute Gasteiger partial charge is 0.224 e. The van der Waals surface area contributed by atoms with Crippen LogP contribution < -0.4 is 10.6 Å². The van der Waals surface area contributed by atoms with Gasteiger partial charge in [-0.1, -0.05) is 11.2 Å². The molecule has 2 heterocycles. The number of aromatic nitrogens is 1. The second-order valence-electron chi connectivity index (χ2n) is 6.59. The van der Waals surface area contributed by atoms with E-state index in [4.69, 9.17) is 4.52 Å². The summed E-state index contributed by atoms with van der Waals surface area (Å²) in [6.45, 7) is 4.23. The van der Waals surface area contributed by atoms with Gasteiger partial charge in [0.15, 0.2) is 0 Å². The average molecular weight is 317 g/mol. The van der Waals surface area contributed by atoms with E-state index in [-0.39, 0.29) is 23.7 Å². The summed E-state index contributed by atoms with van der Waals surface area (Å²) < 4.78 is 5.10. The van der Waals surface area contributed by atoms with Crippen LogP contribution in [0.25, 0.3) is 0 Å². The van der Waals surface area contributed by atoms with Gasteiger partial charge in [-0.3, -0.25) is 9.59 Å². The molecule has 1 aromatic rings. The van der Waals surface area contributed by atoms with Crippen LogP contribution in [0.2, 0.25) is 0 Å². The van der Waals surface area contributed by atoms with Crippen LogP contribution in [-0.2, 0) is 16.0 Å². The van der Waals surface area contributed by atoms with Crippen molar-refractivity contribution in [2.75, 3.05) is 6.54 Å². The van der Waals surface area contributed by atoms with Gasteiger partial charge < -0.3 is 15.2 Å². The van der Waals surface area contributed by atoms with E-state index >= 15 is 0 Å².